The number of nitrogens with two attached hydrogens (primary N) is 4. The predicted octanol–water partition coefficient (Wildman–Crippen LogP) is 10.6. The van der Waals surface area contributed by atoms with Gasteiger partial charge in [-0.3, -0.25) is 19.9 Å². The number of nitriles is 4. The minimum absolute atomic E-state index is 0. The van der Waals surface area contributed by atoms with E-state index >= 15 is 0 Å². The number of rotatable bonds is 15. The van der Waals surface area contributed by atoms with Crippen molar-refractivity contribution in [2.75, 3.05) is 99.5 Å². The summed E-state index contributed by atoms with van der Waals surface area (Å²) in [6.45, 7) is 24.7. The molecule has 4 aliphatic rings. The van der Waals surface area contributed by atoms with Crippen LogP contribution in [-0.2, 0) is 40.8 Å². The van der Waals surface area contributed by atoms with E-state index in [0.29, 0.717) is 59.4 Å². The molecule has 0 radical (unpaired) electrons. The summed E-state index contributed by atoms with van der Waals surface area (Å²) >= 11 is 6.35. The van der Waals surface area contributed by atoms with Crippen LogP contribution in [-0.4, -0.2) is 138 Å². The van der Waals surface area contributed by atoms with Crippen LogP contribution in [0.1, 0.15) is 144 Å². The molecule has 4 aromatic heterocycles. The molecule has 4 saturated heterocycles. The van der Waals surface area contributed by atoms with E-state index < -0.39 is 40.8 Å². The maximum atomic E-state index is 11.1. The van der Waals surface area contributed by atoms with Crippen molar-refractivity contribution in [1.29, 1.82) is 21.0 Å². The van der Waals surface area contributed by atoms with Crippen molar-refractivity contribution in [1.82, 2.24) is 44.1 Å². The van der Waals surface area contributed by atoms with Crippen molar-refractivity contribution in [3.63, 3.8) is 0 Å². The smallest absolute Gasteiger partial charge is 0.274 e. The van der Waals surface area contributed by atoms with Gasteiger partial charge in [0.1, 0.15) is 24.3 Å². The van der Waals surface area contributed by atoms with E-state index in [-0.39, 0.29) is 42.3 Å². The monoisotopic (exact) mass is 1690 g/mol. The predicted molar refractivity (Wildman–Crippen MR) is 454 cm³/mol. The average Bonchev–Trinajstić information content (AvgIpc) is 1.48. The van der Waals surface area contributed by atoms with Crippen LogP contribution >= 0.6 is 36.2 Å². The summed E-state index contributed by atoms with van der Waals surface area (Å²) in [6.07, 6.45) is 19.1. The number of pyridine rings is 4. The van der Waals surface area contributed by atoms with E-state index in [1.54, 1.807) is 18.6 Å². The second-order valence-corrected chi connectivity index (χ2v) is 35.1. The zero-order chi connectivity index (χ0) is 82.3. The van der Waals surface area contributed by atoms with Gasteiger partial charge in [-0.05, 0) is 262 Å². The van der Waals surface area contributed by atoms with Crippen molar-refractivity contribution < 1.29 is 37.6 Å². The van der Waals surface area contributed by atoms with Crippen LogP contribution < -0.4 is 59.5 Å². The van der Waals surface area contributed by atoms with Crippen LogP contribution in [0.4, 0.5) is 20.9 Å². The second-order valence-electron chi connectivity index (χ2n) is 28.9. The SMILES string of the molecule is CSF.Cc1cc2ncc(C#N)c(Cl)c2cc1C.Cc1cc2ncc(C#N)c(N3CCCC(CNS(N)(=O)=O)CC3)c2cc1C.Cc1cc2ncc(C#N)c(N3CCC[C@@H](CNS(N)(=O)=O)CC3)c2cc1C.Cc1cc2ncc(C#N)c(N3CCC[C@H](CNS(N)(=O)=O)CC3)c2cc1C.Cl.NS(=O)(=O)NCC1CCCNCC1. The Morgan fingerprint density at radius 3 is 0.947 bits per heavy atom. The molecule has 0 aliphatic carbocycles. The number of anilines is 3. The highest BCUT2D eigenvalue weighted by Gasteiger charge is 2.27. The van der Waals surface area contributed by atoms with Crippen molar-refractivity contribution in [3.05, 3.63) is 145 Å². The van der Waals surface area contributed by atoms with Gasteiger partial charge in [0.05, 0.1) is 66.4 Å². The molecule has 0 spiro atoms. The Labute approximate surface area is 681 Å². The Bertz CT molecular complexity index is 4910. The third-order valence-corrected chi connectivity index (χ3v) is 23.4. The van der Waals surface area contributed by atoms with Gasteiger partial charge in [0.2, 0.25) is 0 Å². The molecule has 4 aromatic carbocycles. The van der Waals surface area contributed by atoms with Gasteiger partial charge in [-0.2, -0.15) is 58.6 Å². The number of fused-ring (bicyclic) bond motifs is 4. The molecular weight excluding hydrogens is 1580 g/mol. The summed E-state index contributed by atoms with van der Waals surface area (Å²) in [5.41, 5.74) is 17.8. The lowest BCUT2D eigenvalue weighted by Crippen LogP contribution is -2.35. The summed E-state index contributed by atoms with van der Waals surface area (Å²) in [5.74, 6) is 1.12. The fraction of sp³-hybridized carbons (Fsp3) is 0.481. The molecule has 4 fully saturated rings. The van der Waals surface area contributed by atoms with E-state index in [9.17, 15) is 53.3 Å². The quantitative estimate of drug-likeness (QED) is 0.0460. The summed E-state index contributed by atoms with van der Waals surface area (Å²) in [7, 11) is -14.5. The van der Waals surface area contributed by atoms with E-state index in [0.717, 1.165) is 196 Å². The maximum absolute atomic E-state index is 11.1. The molecule has 4 atom stereocenters. The van der Waals surface area contributed by atoms with Crippen LogP contribution in [0.25, 0.3) is 43.6 Å². The Balaban J connectivity index is 0.000000223. The first-order valence-electron chi connectivity index (χ1n) is 37.0. The summed E-state index contributed by atoms with van der Waals surface area (Å²) in [6, 6.07) is 25.3. The molecule has 8 aromatic rings. The third kappa shape index (κ3) is 28.8. The largest absolute Gasteiger partial charge is 0.370 e. The topological polar surface area (TPSA) is 457 Å². The van der Waals surface area contributed by atoms with Crippen molar-refractivity contribution >= 4 is 138 Å². The molecule has 12 rings (SSSR count). The van der Waals surface area contributed by atoms with Crippen LogP contribution in [0.5, 0.6) is 0 Å². The molecule has 36 heteroatoms. The lowest BCUT2D eigenvalue weighted by atomic mass is 10.0. The van der Waals surface area contributed by atoms with Crippen molar-refractivity contribution in [2.24, 2.45) is 44.2 Å². The number of nitrogens with one attached hydrogen (secondary N) is 5. The lowest BCUT2D eigenvalue weighted by Gasteiger charge is -2.26. The molecule has 28 nitrogen and oxygen atoms in total. The van der Waals surface area contributed by atoms with Gasteiger partial charge in [0.15, 0.2) is 0 Å². The minimum atomic E-state index is -3.66. The molecular formula is C77H105Cl2FN20O8S5. The summed E-state index contributed by atoms with van der Waals surface area (Å²) < 4.78 is 108. The zero-order valence-corrected chi connectivity index (χ0v) is 71.1. The molecule has 0 bridgehead atoms. The summed E-state index contributed by atoms with van der Waals surface area (Å²) in [5, 5.41) is 65.3. The number of hydrogen-bond acceptors (Lipinski definition) is 21. The van der Waals surface area contributed by atoms with E-state index in [1.807, 2.05) is 32.0 Å². The fourth-order valence-electron chi connectivity index (χ4n) is 14.1. The number of halogens is 3. The Hall–Kier alpha value is -7.82. The first kappa shape index (κ1) is 94.0. The zero-order valence-electron chi connectivity index (χ0n) is 65.4. The second kappa shape index (κ2) is 43.8. The van der Waals surface area contributed by atoms with Crippen LogP contribution in [0.2, 0.25) is 5.02 Å². The van der Waals surface area contributed by atoms with E-state index in [1.165, 1.54) is 51.4 Å². The van der Waals surface area contributed by atoms with Gasteiger partial charge in [-0.25, -0.2) is 39.4 Å². The molecule has 2 unspecified atom stereocenters. The van der Waals surface area contributed by atoms with Crippen LogP contribution in [0.3, 0.4) is 0 Å². The van der Waals surface area contributed by atoms with Crippen molar-refractivity contribution in [3.8, 4) is 24.3 Å². The van der Waals surface area contributed by atoms with Crippen LogP contribution in [0, 0.1) is 124 Å². The number of aromatic nitrogens is 4. The lowest BCUT2D eigenvalue weighted by molar-refractivity contribution is 0.462. The summed E-state index contributed by atoms with van der Waals surface area (Å²) in [4.78, 5) is 24.3. The number of nitrogens with zero attached hydrogens (tertiary/aromatic N) is 11. The molecule has 0 amide bonds. The van der Waals surface area contributed by atoms with Gasteiger partial charge in [-0.15, -0.1) is 12.4 Å². The first-order chi connectivity index (χ1) is 53.0. The standard InChI is InChI=1S/3C19H25N5O2S.C12H9ClN2.C7H17N3O2S.CH3FS.ClH/c3*1-13-8-17-18(9-14(13)2)22-12-16(10-20)19(17)24-6-3-4-15(5-7-24)11-23-27(21,25)26;1-7-3-10-11(4-8(7)2)15-6-9(5-14)12(10)13;8-13(11,12)10-6-7-2-1-4-9-5-3-7;1-3-2;/h3*8-9,12,15,23H,3-7,11H2,1-2H3,(H2,21,25,26);3-4,6H,1-2H3;7,9-10H,1-6H2,(H2,8,11,12);1H3;1H/t2*15-;;;;;/m10...../s1. The highest BCUT2D eigenvalue weighted by molar-refractivity contribution is 7.93. The third-order valence-electron chi connectivity index (χ3n) is 20.7. The molecule has 8 heterocycles. The van der Waals surface area contributed by atoms with Gasteiger partial charge in [0.25, 0.3) is 40.8 Å². The average molecular weight is 1690 g/mol. The van der Waals surface area contributed by atoms with Gasteiger partial charge in [0, 0.05) is 130 Å². The normalized spacial score (nSPS) is 17.6. The fourth-order valence-corrected chi connectivity index (χ4v) is 16.2. The highest BCUT2D eigenvalue weighted by atomic mass is 35.5. The Kier molecular flexibility index (Phi) is 36.4. The number of aryl methyl sites for hydroxylation is 8. The number of hydrogen-bond donors (Lipinski definition) is 9. The van der Waals surface area contributed by atoms with E-state index in [4.69, 9.17) is 37.4 Å². The molecule has 113 heavy (non-hydrogen) atoms. The highest BCUT2D eigenvalue weighted by Crippen LogP contribution is 2.38. The minimum Gasteiger partial charge on any atom is -0.370 e. The van der Waals surface area contributed by atoms with Gasteiger partial charge < -0.3 is 20.0 Å². The number of benzene rings is 4. The van der Waals surface area contributed by atoms with Gasteiger partial charge >= 0.3 is 0 Å². The van der Waals surface area contributed by atoms with Crippen LogP contribution in [0.15, 0.2) is 73.3 Å². The molecule has 13 N–H and O–H groups in total. The van der Waals surface area contributed by atoms with Gasteiger partial charge in [-0.1, -0.05) is 11.6 Å². The molecule has 612 valence electrons. The van der Waals surface area contributed by atoms with Crippen molar-refractivity contribution in [2.45, 2.75) is 132 Å². The Morgan fingerprint density at radius 1 is 0.416 bits per heavy atom. The molecule has 0 saturated carbocycles. The maximum Gasteiger partial charge on any atom is 0.274 e. The Morgan fingerprint density at radius 2 is 0.664 bits per heavy atom. The molecule has 4 aliphatic heterocycles. The van der Waals surface area contributed by atoms with E-state index in [2.05, 4.69) is 155 Å². The first-order valence-corrected chi connectivity index (χ1v) is 44.7.